The summed E-state index contributed by atoms with van der Waals surface area (Å²) in [6, 6.07) is 3.63. The van der Waals surface area contributed by atoms with Gasteiger partial charge in [0.25, 0.3) is 0 Å². The molecule has 92 valence electrons. The number of hydrogen-bond donors (Lipinski definition) is 1. The highest BCUT2D eigenvalue weighted by molar-refractivity contribution is 5.44. The Bertz CT molecular complexity index is 444. The van der Waals surface area contributed by atoms with Crippen LogP contribution in [-0.2, 0) is 6.18 Å². The largest absolute Gasteiger partial charge is 0.488 e. The first kappa shape index (κ1) is 10.9. The summed E-state index contributed by atoms with van der Waals surface area (Å²) in [6.45, 7) is 0.834. The molecule has 2 atom stereocenters. The van der Waals surface area contributed by atoms with E-state index in [0.717, 1.165) is 25.5 Å². The van der Waals surface area contributed by atoms with E-state index in [0.29, 0.717) is 11.3 Å². The van der Waals surface area contributed by atoms with Crippen LogP contribution >= 0.6 is 0 Å². The zero-order valence-electron chi connectivity index (χ0n) is 9.05. The molecule has 0 spiro atoms. The van der Waals surface area contributed by atoms with Crippen LogP contribution in [0.4, 0.5) is 13.2 Å². The SMILES string of the molecule is FC(F)(F)c1ccc2c(c1)[C@@H]1NCCC[C@@H]1O2. The number of ether oxygens (including phenoxy) is 1. The summed E-state index contributed by atoms with van der Waals surface area (Å²) in [5.74, 6) is 0.586. The maximum absolute atomic E-state index is 12.6. The molecule has 1 aromatic rings. The van der Waals surface area contributed by atoms with E-state index in [9.17, 15) is 13.2 Å². The summed E-state index contributed by atoms with van der Waals surface area (Å²) in [5, 5.41) is 3.22. The molecule has 2 aliphatic heterocycles. The van der Waals surface area contributed by atoms with E-state index in [2.05, 4.69) is 5.32 Å². The highest BCUT2D eigenvalue weighted by Gasteiger charge is 2.39. The molecule has 1 N–H and O–H groups in total. The molecule has 0 saturated carbocycles. The summed E-state index contributed by atoms with van der Waals surface area (Å²) in [7, 11) is 0. The van der Waals surface area contributed by atoms with Gasteiger partial charge in [-0.15, -0.1) is 0 Å². The number of hydrogen-bond acceptors (Lipinski definition) is 2. The number of alkyl halides is 3. The van der Waals surface area contributed by atoms with Gasteiger partial charge in [0.1, 0.15) is 11.9 Å². The van der Waals surface area contributed by atoms with Crippen molar-refractivity contribution in [2.75, 3.05) is 6.54 Å². The second-order valence-electron chi connectivity index (χ2n) is 4.48. The van der Waals surface area contributed by atoms with Gasteiger partial charge >= 0.3 is 6.18 Å². The van der Waals surface area contributed by atoms with E-state index < -0.39 is 11.7 Å². The fourth-order valence-corrected chi connectivity index (χ4v) is 2.53. The number of fused-ring (bicyclic) bond motifs is 3. The average Bonchev–Trinajstić information content (AvgIpc) is 2.65. The van der Waals surface area contributed by atoms with Crippen molar-refractivity contribution in [3.05, 3.63) is 29.3 Å². The van der Waals surface area contributed by atoms with Gasteiger partial charge in [-0.25, -0.2) is 0 Å². The Morgan fingerprint density at radius 2 is 2.12 bits per heavy atom. The first-order chi connectivity index (χ1) is 8.05. The fraction of sp³-hybridized carbons (Fsp3) is 0.500. The van der Waals surface area contributed by atoms with Gasteiger partial charge in [-0.3, -0.25) is 0 Å². The molecule has 1 fully saturated rings. The molecular formula is C12H12F3NO. The standard InChI is InChI=1S/C12H12F3NO/c13-12(14,15)7-3-4-9-8(6-7)11-10(17-9)2-1-5-16-11/h3-4,6,10-11,16H,1-2,5H2/t10-,11-/m0/s1. The minimum Gasteiger partial charge on any atom is -0.488 e. The zero-order chi connectivity index (χ0) is 12.0. The summed E-state index contributed by atoms with van der Waals surface area (Å²) in [4.78, 5) is 0. The predicted molar refractivity (Wildman–Crippen MR) is 55.8 cm³/mol. The van der Waals surface area contributed by atoms with Crippen molar-refractivity contribution in [3.8, 4) is 5.75 Å². The van der Waals surface area contributed by atoms with Gasteiger partial charge in [0.2, 0.25) is 0 Å². The lowest BCUT2D eigenvalue weighted by Crippen LogP contribution is -2.36. The molecule has 0 unspecified atom stereocenters. The summed E-state index contributed by atoms with van der Waals surface area (Å²) in [6.07, 6.45) is -2.40. The highest BCUT2D eigenvalue weighted by Crippen LogP contribution is 2.42. The monoisotopic (exact) mass is 243 g/mol. The molecule has 17 heavy (non-hydrogen) atoms. The second-order valence-corrected chi connectivity index (χ2v) is 4.48. The Morgan fingerprint density at radius 3 is 2.88 bits per heavy atom. The van der Waals surface area contributed by atoms with Crippen LogP contribution in [0.5, 0.6) is 5.75 Å². The van der Waals surface area contributed by atoms with Gasteiger partial charge < -0.3 is 10.1 Å². The van der Waals surface area contributed by atoms with Crippen molar-refractivity contribution in [1.82, 2.24) is 5.32 Å². The molecule has 2 nitrogen and oxygen atoms in total. The molecule has 3 rings (SSSR count). The molecule has 0 bridgehead atoms. The maximum Gasteiger partial charge on any atom is 0.416 e. The van der Waals surface area contributed by atoms with Crippen molar-refractivity contribution in [2.24, 2.45) is 0 Å². The first-order valence-electron chi connectivity index (χ1n) is 5.67. The summed E-state index contributed by atoms with van der Waals surface area (Å²) >= 11 is 0. The van der Waals surface area contributed by atoms with Gasteiger partial charge in [-0.1, -0.05) is 0 Å². The Labute approximate surface area is 96.8 Å². The van der Waals surface area contributed by atoms with Crippen molar-refractivity contribution < 1.29 is 17.9 Å². The molecule has 2 heterocycles. The normalized spacial score (nSPS) is 27.2. The quantitative estimate of drug-likeness (QED) is 0.756. The van der Waals surface area contributed by atoms with E-state index in [4.69, 9.17) is 4.74 Å². The third-order valence-corrected chi connectivity index (χ3v) is 3.35. The zero-order valence-corrected chi connectivity index (χ0v) is 9.05. The fourth-order valence-electron chi connectivity index (χ4n) is 2.53. The van der Waals surface area contributed by atoms with Gasteiger partial charge in [0.05, 0.1) is 11.6 Å². The number of nitrogens with one attached hydrogen (secondary N) is 1. The molecule has 0 aliphatic carbocycles. The van der Waals surface area contributed by atoms with Crippen molar-refractivity contribution >= 4 is 0 Å². The van der Waals surface area contributed by atoms with Crippen LogP contribution in [-0.4, -0.2) is 12.6 Å². The molecule has 2 aliphatic rings. The smallest absolute Gasteiger partial charge is 0.416 e. The van der Waals surface area contributed by atoms with Gasteiger partial charge in [-0.2, -0.15) is 13.2 Å². The third-order valence-electron chi connectivity index (χ3n) is 3.35. The van der Waals surface area contributed by atoms with E-state index in [1.807, 2.05) is 0 Å². The number of halogens is 3. The van der Waals surface area contributed by atoms with E-state index in [1.165, 1.54) is 12.1 Å². The Balaban J connectivity index is 1.99. The lowest BCUT2D eigenvalue weighted by atomic mass is 9.95. The van der Waals surface area contributed by atoms with Crippen molar-refractivity contribution in [2.45, 2.75) is 31.2 Å². The Hall–Kier alpha value is -1.23. The van der Waals surface area contributed by atoms with Crippen LogP contribution in [0.3, 0.4) is 0 Å². The second kappa shape index (κ2) is 3.63. The van der Waals surface area contributed by atoms with Crippen molar-refractivity contribution in [1.29, 1.82) is 0 Å². The van der Waals surface area contributed by atoms with E-state index in [-0.39, 0.29) is 12.1 Å². The lowest BCUT2D eigenvalue weighted by Gasteiger charge is -2.25. The van der Waals surface area contributed by atoms with Crippen molar-refractivity contribution in [3.63, 3.8) is 0 Å². The van der Waals surface area contributed by atoms with Crippen LogP contribution in [0.25, 0.3) is 0 Å². The lowest BCUT2D eigenvalue weighted by molar-refractivity contribution is -0.137. The third kappa shape index (κ3) is 1.78. The van der Waals surface area contributed by atoms with Crippen LogP contribution in [0.2, 0.25) is 0 Å². The van der Waals surface area contributed by atoms with E-state index >= 15 is 0 Å². The average molecular weight is 243 g/mol. The van der Waals surface area contributed by atoms with Gasteiger partial charge in [0, 0.05) is 5.56 Å². The minimum absolute atomic E-state index is 0.0118. The molecule has 1 aromatic carbocycles. The van der Waals surface area contributed by atoms with E-state index in [1.54, 1.807) is 0 Å². The number of rotatable bonds is 0. The summed E-state index contributed by atoms with van der Waals surface area (Å²) in [5.41, 5.74) is 0.0393. The van der Waals surface area contributed by atoms with Crippen LogP contribution < -0.4 is 10.1 Å². The molecule has 0 aromatic heterocycles. The van der Waals surface area contributed by atoms with Crippen LogP contribution in [0.15, 0.2) is 18.2 Å². The van der Waals surface area contributed by atoms with Gasteiger partial charge in [-0.05, 0) is 37.6 Å². The van der Waals surface area contributed by atoms with Crippen LogP contribution in [0, 0.1) is 0 Å². The molecular weight excluding hydrogens is 231 g/mol. The Kier molecular flexibility index (Phi) is 2.33. The first-order valence-corrected chi connectivity index (χ1v) is 5.67. The van der Waals surface area contributed by atoms with Crippen LogP contribution in [0.1, 0.15) is 30.0 Å². The molecule has 0 amide bonds. The van der Waals surface area contributed by atoms with Gasteiger partial charge in [0.15, 0.2) is 0 Å². The number of benzene rings is 1. The molecule has 1 saturated heterocycles. The summed E-state index contributed by atoms with van der Waals surface area (Å²) < 4.78 is 43.5. The number of piperidine rings is 1. The Morgan fingerprint density at radius 1 is 1.29 bits per heavy atom. The highest BCUT2D eigenvalue weighted by atomic mass is 19.4. The topological polar surface area (TPSA) is 21.3 Å². The molecule has 0 radical (unpaired) electrons. The minimum atomic E-state index is -4.29. The maximum atomic E-state index is 12.6. The molecule has 5 heteroatoms. The predicted octanol–water partition coefficient (Wildman–Crippen LogP) is 2.89.